The van der Waals surface area contributed by atoms with Gasteiger partial charge in [-0.25, -0.2) is 9.37 Å². The topological polar surface area (TPSA) is 47.0 Å². The SMILES string of the molecule is CC(C)(C)[S@@](=O)C[C@@](C)(CC=O)c1nc(Cl)ccc1F. The largest absolute Gasteiger partial charge is 0.303 e. The molecule has 0 aliphatic carbocycles. The molecular formula is C14H19ClFNO2S. The molecule has 0 fully saturated rings. The van der Waals surface area contributed by atoms with Crippen LogP contribution in [0.25, 0.3) is 0 Å². The van der Waals surface area contributed by atoms with Gasteiger partial charge in [0, 0.05) is 33.1 Å². The second-order valence-corrected chi connectivity index (χ2v) is 8.59. The molecule has 1 rings (SSSR count). The quantitative estimate of drug-likeness (QED) is 0.618. The van der Waals surface area contributed by atoms with E-state index in [1.54, 1.807) is 6.92 Å². The van der Waals surface area contributed by atoms with Crippen LogP contribution in [0, 0.1) is 5.82 Å². The van der Waals surface area contributed by atoms with Crippen molar-refractivity contribution in [1.82, 2.24) is 4.98 Å². The molecule has 0 saturated carbocycles. The van der Waals surface area contributed by atoms with Crippen molar-refractivity contribution in [3.63, 3.8) is 0 Å². The average molecular weight is 320 g/mol. The predicted octanol–water partition coefficient (Wildman–Crippen LogP) is 3.27. The van der Waals surface area contributed by atoms with E-state index in [1.165, 1.54) is 12.1 Å². The van der Waals surface area contributed by atoms with Crippen LogP contribution < -0.4 is 0 Å². The van der Waals surface area contributed by atoms with E-state index in [-0.39, 0.29) is 23.0 Å². The molecule has 0 N–H and O–H groups in total. The fourth-order valence-electron chi connectivity index (χ4n) is 1.76. The van der Waals surface area contributed by atoms with Crippen LogP contribution in [-0.2, 0) is 21.0 Å². The van der Waals surface area contributed by atoms with E-state index in [4.69, 9.17) is 11.6 Å². The van der Waals surface area contributed by atoms with Crippen molar-refractivity contribution in [3.05, 3.63) is 28.8 Å². The molecule has 112 valence electrons. The second kappa shape index (κ2) is 6.31. The summed E-state index contributed by atoms with van der Waals surface area (Å²) in [6.45, 7) is 7.21. The van der Waals surface area contributed by atoms with Crippen LogP contribution >= 0.6 is 11.6 Å². The number of pyridine rings is 1. The zero-order valence-electron chi connectivity index (χ0n) is 12.1. The minimum absolute atomic E-state index is 0.0408. The molecule has 0 unspecified atom stereocenters. The highest BCUT2D eigenvalue weighted by atomic mass is 35.5. The summed E-state index contributed by atoms with van der Waals surface area (Å²) in [6, 6.07) is 2.57. The van der Waals surface area contributed by atoms with Crippen LogP contribution in [-0.4, -0.2) is 26.0 Å². The van der Waals surface area contributed by atoms with E-state index < -0.39 is 26.8 Å². The monoisotopic (exact) mass is 319 g/mol. The lowest BCUT2D eigenvalue weighted by atomic mass is 9.85. The fraction of sp³-hybridized carbons (Fsp3) is 0.571. The van der Waals surface area contributed by atoms with Gasteiger partial charge in [0.25, 0.3) is 0 Å². The molecule has 0 bridgehead atoms. The summed E-state index contributed by atoms with van der Waals surface area (Å²) in [7, 11) is -1.23. The Morgan fingerprint density at radius 2 is 1.95 bits per heavy atom. The molecule has 0 saturated heterocycles. The summed E-state index contributed by atoms with van der Waals surface area (Å²) in [5.41, 5.74) is -0.843. The Kier molecular flexibility index (Phi) is 5.44. The highest BCUT2D eigenvalue weighted by Gasteiger charge is 2.36. The maximum Gasteiger partial charge on any atom is 0.145 e. The Balaban J connectivity index is 3.24. The number of halogens is 2. The van der Waals surface area contributed by atoms with Gasteiger partial charge in [0.05, 0.1) is 5.69 Å². The van der Waals surface area contributed by atoms with Crippen molar-refractivity contribution in [1.29, 1.82) is 0 Å². The molecule has 1 heterocycles. The molecule has 2 atom stereocenters. The van der Waals surface area contributed by atoms with Crippen LogP contribution in [0.4, 0.5) is 4.39 Å². The lowest BCUT2D eigenvalue weighted by molar-refractivity contribution is -0.108. The molecule has 1 aromatic rings. The van der Waals surface area contributed by atoms with E-state index in [9.17, 15) is 13.4 Å². The summed E-state index contributed by atoms with van der Waals surface area (Å²) in [5, 5.41) is 0.153. The van der Waals surface area contributed by atoms with Crippen molar-refractivity contribution in [2.24, 2.45) is 0 Å². The van der Waals surface area contributed by atoms with E-state index in [2.05, 4.69) is 4.98 Å². The molecule has 0 aromatic carbocycles. The van der Waals surface area contributed by atoms with Crippen LogP contribution in [0.2, 0.25) is 5.15 Å². The zero-order valence-corrected chi connectivity index (χ0v) is 13.6. The Morgan fingerprint density at radius 1 is 1.35 bits per heavy atom. The first-order valence-corrected chi connectivity index (χ1v) is 7.94. The molecule has 0 radical (unpaired) electrons. The number of carbonyl (C=O) groups is 1. The summed E-state index contributed by atoms with van der Waals surface area (Å²) in [5.74, 6) is -0.385. The van der Waals surface area contributed by atoms with Crippen LogP contribution in [0.3, 0.4) is 0 Å². The molecule has 0 spiro atoms. The Morgan fingerprint density at radius 3 is 2.45 bits per heavy atom. The van der Waals surface area contributed by atoms with E-state index in [1.807, 2.05) is 20.8 Å². The molecule has 0 aliphatic rings. The number of carbonyl (C=O) groups excluding carboxylic acids is 1. The lowest BCUT2D eigenvalue weighted by Crippen LogP contribution is -2.37. The number of hydrogen-bond donors (Lipinski definition) is 0. The van der Waals surface area contributed by atoms with Crippen molar-refractivity contribution in [2.45, 2.75) is 44.3 Å². The summed E-state index contributed by atoms with van der Waals surface area (Å²) in [4.78, 5) is 14.9. The summed E-state index contributed by atoms with van der Waals surface area (Å²) in [6.07, 6.45) is 0.737. The van der Waals surface area contributed by atoms with Gasteiger partial charge in [-0.1, -0.05) is 18.5 Å². The highest BCUT2D eigenvalue weighted by Crippen LogP contribution is 2.31. The lowest BCUT2D eigenvalue weighted by Gasteiger charge is -2.30. The van der Waals surface area contributed by atoms with Gasteiger partial charge < -0.3 is 4.79 Å². The third kappa shape index (κ3) is 4.09. The maximum absolute atomic E-state index is 14.0. The minimum Gasteiger partial charge on any atom is -0.303 e. The molecule has 3 nitrogen and oxygen atoms in total. The van der Waals surface area contributed by atoms with Gasteiger partial charge in [-0.3, -0.25) is 4.21 Å². The molecule has 0 amide bonds. The van der Waals surface area contributed by atoms with E-state index in [0.29, 0.717) is 6.29 Å². The normalized spacial score (nSPS) is 16.5. The number of aromatic nitrogens is 1. The van der Waals surface area contributed by atoms with Crippen LogP contribution in [0.1, 0.15) is 39.8 Å². The van der Waals surface area contributed by atoms with Crippen molar-refractivity contribution in [3.8, 4) is 0 Å². The fourth-order valence-corrected chi connectivity index (χ4v) is 3.17. The second-order valence-electron chi connectivity index (χ2n) is 6.00. The number of rotatable bonds is 5. The number of aldehydes is 1. The first kappa shape index (κ1) is 17.2. The van der Waals surface area contributed by atoms with Gasteiger partial charge >= 0.3 is 0 Å². The third-order valence-electron chi connectivity index (χ3n) is 3.05. The number of nitrogens with zero attached hydrogens (tertiary/aromatic N) is 1. The molecular weight excluding hydrogens is 301 g/mol. The Labute approximate surface area is 126 Å². The van der Waals surface area contributed by atoms with Gasteiger partial charge in [0.1, 0.15) is 17.3 Å². The first-order valence-electron chi connectivity index (χ1n) is 6.25. The third-order valence-corrected chi connectivity index (χ3v) is 5.53. The van der Waals surface area contributed by atoms with Crippen molar-refractivity contribution >= 4 is 28.7 Å². The zero-order chi connectivity index (χ0) is 15.6. The van der Waals surface area contributed by atoms with Gasteiger partial charge in [-0.05, 0) is 32.9 Å². The van der Waals surface area contributed by atoms with E-state index >= 15 is 0 Å². The maximum atomic E-state index is 14.0. The standard InChI is InChI=1S/C14H19ClFNO2S/c1-13(2,3)20(19)9-14(4,7-8-18)12-10(16)5-6-11(15)17-12/h5-6,8H,7,9H2,1-4H3/t14-,20+/m1/s1. The summed E-state index contributed by atoms with van der Waals surface area (Å²) >= 11 is 5.81. The number of hydrogen-bond acceptors (Lipinski definition) is 3. The molecule has 20 heavy (non-hydrogen) atoms. The minimum atomic E-state index is -1.23. The molecule has 1 aromatic heterocycles. The van der Waals surface area contributed by atoms with E-state index in [0.717, 1.165) is 0 Å². The predicted molar refractivity (Wildman–Crippen MR) is 80.0 cm³/mol. The van der Waals surface area contributed by atoms with Crippen LogP contribution in [0.5, 0.6) is 0 Å². The van der Waals surface area contributed by atoms with Gasteiger partial charge in [-0.2, -0.15) is 0 Å². The smallest absolute Gasteiger partial charge is 0.145 e. The van der Waals surface area contributed by atoms with Gasteiger partial charge in [-0.15, -0.1) is 0 Å². The van der Waals surface area contributed by atoms with Gasteiger partial charge in [0.2, 0.25) is 0 Å². The molecule has 6 heteroatoms. The van der Waals surface area contributed by atoms with Crippen LogP contribution in [0.15, 0.2) is 12.1 Å². The van der Waals surface area contributed by atoms with Crippen molar-refractivity contribution in [2.75, 3.05) is 5.75 Å². The Hall–Kier alpha value is -0.810. The van der Waals surface area contributed by atoms with Crippen molar-refractivity contribution < 1.29 is 13.4 Å². The Bertz CT molecular complexity index is 530. The molecule has 0 aliphatic heterocycles. The average Bonchev–Trinajstić information content (AvgIpc) is 2.31. The first-order chi connectivity index (χ1) is 9.10. The summed E-state index contributed by atoms with van der Waals surface area (Å²) < 4.78 is 25.9. The highest BCUT2D eigenvalue weighted by molar-refractivity contribution is 7.86. The van der Waals surface area contributed by atoms with Gasteiger partial charge in [0.15, 0.2) is 0 Å².